The van der Waals surface area contributed by atoms with Crippen molar-refractivity contribution in [3.63, 3.8) is 0 Å². The molecule has 2 fully saturated rings. The van der Waals surface area contributed by atoms with Crippen LogP contribution in [0.1, 0.15) is 29.6 Å². The highest BCUT2D eigenvalue weighted by Crippen LogP contribution is 2.46. The highest BCUT2D eigenvalue weighted by molar-refractivity contribution is 7.86. The lowest BCUT2D eigenvalue weighted by molar-refractivity contribution is -0.152. The molecule has 0 N–H and O–H groups in total. The van der Waals surface area contributed by atoms with Gasteiger partial charge in [0.1, 0.15) is 12.2 Å². The molecular formula is C18H20O7S. The molecule has 1 saturated heterocycles. The van der Waals surface area contributed by atoms with Crippen molar-refractivity contribution in [1.29, 1.82) is 0 Å². The van der Waals surface area contributed by atoms with E-state index in [1.165, 1.54) is 0 Å². The number of ether oxygens (including phenoxy) is 2. The van der Waals surface area contributed by atoms with E-state index in [4.69, 9.17) is 13.7 Å². The summed E-state index contributed by atoms with van der Waals surface area (Å²) in [6.45, 7) is 3.69. The molecular weight excluding hydrogens is 360 g/mol. The number of carbonyl (C=O) groups is 2. The first-order valence-electron chi connectivity index (χ1n) is 8.23. The smallest absolute Gasteiger partial charge is 0.340 e. The van der Waals surface area contributed by atoms with Crippen molar-refractivity contribution in [3.8, 4) is 0 Å². The van der Waals surface area contributed by atoms with Gasteiger partial charge in [-0.1, -0.05) is 24.3 Å². The third kappa shape index (κ3) is 3.66. The summed E-state index contributed by atoms with van der Waals surface area (Å²) >= 11 is 0. The van der Waals surface area contributed by atoms with E-state index in [1.54, 1.807) is 36.4 Å². The van der Waals surface area contributed by atoms with Gasteiger partial charge in [0.15, 0.2) is 5.60 Å². The van der Waals surface area contributed by atoms with Crippen LogP contribution >= 0.6 is 0 Å². The van der Waals surface area contributed by atoms with Crippen LogP contribution in [0.3, 0.4) is 0 Å². The second kappa shape index (κ2) is 6.85. The van der Waals surface area contributed by atoms with Crippen molar-refractivity contribution in [2.45, 2.75) is 37.1 Å². The fourth-order valence-corrected chi connectivity index (χ4v) is 4.43. The van der Waals surface area contributed by atoms with E-state index in [2.05, 4.69) is 6.58 Å². The maximum atomic E-state index is 12.4. The van der Waals surface area contributed by atoms with Gasteiger partial charge >= 0.3 is 11.9 Å². The molecule has 0 amide bonds. The normalized spacial score (nSPS) is 30.5. The predicted octanol–water partition coefficient (Wildman–Crippen LogP) is 1.84. The monoisotopic (exact) mass is 380 g/mol. The number of rotatable bonds is 6. The molecule has 2 bridgehead atoms. The summed E-state index contributed by atoms with van der Waals surface area (Å²) in [7, 11) is -3.86. The molecule has 1 aromatic carbocycles. The van der Waals surface area contributed by atoms with Crippen LogP contribution in [0.5, 0.6) is 0 Å². The lowest BCUT2D eigenvalue weighted by atomic mass is 9.75. The summed E-state index contributed by atoms with van der Waals surface area (Å²) in [6.07, 6.45) is 1.62. The molecule has 1 aliphatic carbocycles. The van der Waals surface area contributed by atoms with Crippen LogP contribution in [-0.2, 0) is 28.6 Å². The molecule has 7 nitrogen and oxygen atoms in total. The standard InChI is InChI=1S/C18H20O7S/c1-3-7-13-10-18(25-26(2,21)22)11-14(23-17(18)20)15(13)24-16(19)12-8-5-4-6-9-12/h3-6,8-9,13-15H,1,7,10-11H2,2H3. The van der Waals surface area contributed by atoms with E-state index in [1.807, 2.05) is 0 Å². The van der Waals surface area contributed by atoms with E-state index >= 15 is 0 Å². The lowest BCUT2D eigenvalue weighted by Crippen LogP contribution is -2.49. The Bertz CT molecular complexity index is 817. The van der Waals surface area contributed by atoms with Crippen LogP contribution in [0.2, 0.25) is 0 Å². The Morgan fingerprint density at radius 2 is 2.04 bits per heavy atom. The summed E-state index contributed by atoms with van der Waals surface area (Å²) in [6, 6.07) is 8.49. The molecule has 1 saturated carbocycles. The summed E-state index contributed by atoms with van der Waals surface area (Å²) in [5, 5.41) is 0. The van der Waals surface area contributed by atoms with Gasteiger partial charge < -0.3 is 9.47 Å². The Labute approximate surface area is 152 Å². The molecule has 1 aromatic rings. The average Bonchev–Trinajstić information content (AvgIpc) is 2.82. The van der Waals surface area contributed by atoms with Gasteiger partial charge in [-0.2, -0.15) is 8.42 Å². The van der Waals surface area contributed by atoms with Crippen molar-refractivity contribution < 1.29 is 31.7 Å². The molecule has 140 valence electrons. The third-order valence-electron chi connectivity index (χ3n) is 4.62. The van der Waals surface area contributed by atoms with Gasteiger partial charge in [0, 0.05) is 12.3 Å². The minimum Gasteiger partial charge on any atom is -0.456 e. The molecule has 26 heavy (non-hydrogen) atoms. The number of hydrogen-bond donors (Lipinski definition) is 0. The van der Waals surface area contributed by atoms with Gasteiger partial charge in [0.25, 0.3) is 10.1 Å². The summed E-state index contributed by atoms with van der Waals surface area (Å²) < 4.78 is 39.3. The quantitative estimate of drug-likeness (QED) is 0.422. The topological polar surface area (TPSA) is 96.0 Å². The molecule has 4 atom stereocenters. The fraction of sp³-hybridized carbons (Fsp3) is 0.444. The largest absolute Gasteiger partial charge is 0.456 e. The fourth-order valence-electron chi connectivity index (χ4n) is 3.65. The zero-order valence-corrected chi connectivity index (χ0v) is 15.1. The Morgan fingerprint density at radius 1 is 1.35 bits per heavy atom. The van der Waals surface area contributed by atoms with Gasteiger partial charge in [-0.05, 0) is 25.0 Å². The lowest BCUT2D eigenvalue weighted by Gasteiger charge is -2.37. The summed E-state index contributed by atoms with van der Waals surface area (Å²) in [5.74, 6) is -1.60. The number of hydrogen-bond acceptors (Lipinski definition) is 7. The van der Waals surface area contributed by atoms with E-state index < -0.39 is 39.9 Å². The maximum Gasteiger partial charge on any atom is 0.340 e. The van der Waals surface area contributed by atoms with Crippen molar-refractivity contribution in [2.24, 2.45) is 5.92 Å². The molecule has 1 heterocycles. The number of allylic oxidation sites excluding steroid dienone is 1. The highest BCUT2D eigenvalue weighted by atomic mass is 32.2. The average molecular weight is 380 g/mol. The van der Waals surface area contributed by atoms with E-state index in [0.717, 1.165) is 6.26 Å². The Hall–Kier alpha value is -2.19. The van der Waals surface area contributed by atoms with Crippen LogP contribution in [0.15, 0.2) is 43.0 Å². The summed E-state index contributed by atoms with van der Waals surface area (Å²) in [5.41, 5.74) is -1.17. The Morgan fingerprint density at radius 3 is 2.65 bits per heavy atom. The molecule has 3 rings (SSSR count). The minimum atomic E-state index is -3.86. The number of benzene rings is 1. The van der Waals surface area contributed by atoms with Gasteiger partial charge in [0.05, 0.1) is 11.8 Å². The molecule has 2 aliphatic rings. The zero-order chi connectivity index (χ0) is 18.9. The number of esters is 2. The number of carbonyl (C=O) groups excluding carboxylic acids is 2. The van der Waals surface area contributed by atoms with Crippen LogP contribution in [-0.4, -0.2) is 44.4 Å². The highest BCUT2D eigenvalue weighted by Gasteiger charge is 2.61. The van der Waals surface area contributed by atoms with Gasteiger partial charge in [-0.15, -0.1) is 6.58 Å². The zero-order valence-electron chi connectivity index (χ0n) is 14.3. The van der Waals surface area contributed by atoms with E-state index in [-0.39, 0.29) is 18.8 Å². The first kappa shape index (κ1) is 18.6. The molecule has 8 heteroatoms. The maximum absolute atomic E-state index is 12.4. The van der Waals surface area contributed by atoms with Crippen molar-refractivity contribution in [3.05, 3.63) is 48.6 Å². The molecule has 1 aliphatic heterocycles. The minimum absolute atomic E-state index is 0.0271. The second-order valence-electron chi connectivity index (χ2n) is 6.65. The van der Waals surface area contributed by atoms with Crippen LogP contribution in [0, 0.1) is 5.92 Å². The SMILES string of the molecule is C=CCC1CC2(OS(C)(=O)=O)CC(OC2=O)C1OC(=O)c1ccccc1. The first-order chi connectivity index (χ1) is 12.2. The van der Waals surface area contributed by atoms with Gasteiger partial charge in [0.2, 0.25) is 0 Å². The van der Waals surface area contributed by atoms with Crippen LogP contribution in [0.25, 0.3) is 0 Å². The molecule has 4 unspecified atom stereocenters. The van der Waals surface area contributed by atoms with E-state index in [9.17, 15) is 18.0 Å². The van der Waals surface area contributed by atoms with Crippen LogP contribution in [0.4, 0.5) is 0 Å². The second-order valence-corrected chi connectivity index (χ2v) is 8.23. The molecule has 0 spiro atoms. The predicted molar refractivity (Wildman–Crippen MR) is 91.7 cm³/mol. The van der Waals surface area contributed by atoms with Gasteiger partial charge in [-0.3, -0.25) is 4.18 Å². The molecule has 0 radical (unpaired) electrons. The Balaban J connectivity index is 1.85. The summed E-state index contributed by atoms with van der Waals surface area (Å²) in [4.78, 5) is 24.7. The van der Waals surface area contributed by atoms with Crippen molar-refractivity contribution >= 4 is 22.1 Å². The molecule has 0 aromatic heterocycles. The Kier molecular flexibility index (Phi) is 4.90. The first-order valence-corrected chi connectivity index (χ1v) is 10.0. The third-order valence-corrected chi connectivity index (χ3v) is 5.24. The van der Waals surface area contributed by atoms with E-state index in [0.29, 0.717) is 12.0 Å². The number of fused-ring (bicyclic) bond motifs is 2. The van der Waals surface area contributed by atoms with Crippen LogP contribution < -0.4 is 0 Å². The van der Waals surface area contributed by atoms with Crippen molar-refractivity contribution in [1.82, 2.24) is 0 Å². The van der Waals surface area contributed by atoms with Crippen molar-refractivity contribution in [2.75, 3.05) is 6.26 Å². The van der Waals surface area contributed by atoms with Gasteiger partial charge in [-0.25, -0.2) is 9.59 Å².